The quantitative estimate of drug-likeness (QED) is 0.404. The molecule has 0 aliphatic rings. The molecule has 31 heavy (non-hydrogen) atoms. The molecule has 0 saturated heterocycles. The molecule has 0 fully saturated rings. The van der Waals surface area contributed by atoms with Gasteiger partial charge in [0, 0.05) is 16.2 Å². The number of hydrogen-bond acceptors (Lipinski definition) is 5. The molecule has 0 saturated carbocycles. The molecule has 2 aromatic carbocycles. The van der Waals surface area contributed by atoms with Crippen molar-refractivity contribution in [3.8, 4) is 5.75 Å². The van der Waals surface area contributed by atoms with E-state index >= 15 is 0 Å². The van der Waals surface area contributed by atoms with Gasteiger partial charge >= 0.3 is 0 Å². The Bertz CT molecular complexity index is 1200. The van der Waals surface area contributed by atoms with Gasteiger partial charge in [-0.3, -0.25) is 9.48 Å². The van der Waals surface area contributed by atoms with Crippen molar-refractivity contribution in [2.24, 2.45) is 0 Å². The molecule has 1 N–H and O–H groups in total. The van der Waals surface area contributed by atoms with Crippen molar-refractivity contribution in [3.63, 3.8) is 0 Å². The van der Waals surface area contributed by atoms with Crippen LogP contribution in [0.3, 0.4) is 0 Å². The highest BCUT2D eigenvalue weighted by atomic mass is 35.5. The zero-order valence-electron chi connectivity index (χ0n) is 16.5. The maximum atomic E-state index is 12.8. The van der Waals surface area contributed by atoms with E-state index in [0.29, 0.717) is 39.4 Å². The molecule has 0 unspecified atom stereocenters. The Balaban J connectivity index is 1.42. The van der Waals surface area contributed by atoms with Gasteiger partial charge in [0.05, 0.1) is 24.0 Å². The third kappa shape index (κ3) is 5.25. The van der Waals surface area contributed by atoms with Gasteiger partial charge in [0.2, 0.25) is 0 Å². The average Bonchev–Trinajstić information content (AvgIpc) is 3.34. The van der Waals surface area contributed by atoms with Gasteiger partial charge in [0.1, 0.15) is 18.1 Å². The molecule has 2 aromatic heterocycles. The fourth-order valence-electron chi connectivity index (χ4n) is 2.93. The summed E-state index contributed by atoms with van der Waals surface area (Å²) in [6.45, 7) is 2.40. The van der Waals surface area contributed by atoms with E-state index in [0.717, 1.165) is 5.56 Å². The summed E-state index contributed by atoms with van der Waals surface area (Å²) in [6, 6.07) is 14.5. The zero-order chi connectivity index (χ0) is 21.8. The van der Waals surface area contributed by atoms with Crippen LogP contribution < -0.4 is 10.1 Å². The molecule has 0 aliphatic heterocycles. The number of nitrogens with one attached hydrogen (secondary N) is 1. The first-order chi connectivity index (χ1) is 15.0. The van der Waals surface area contributed by atoms with Crippen molar-refractivity contribution >= 4 is 34.8 Å². The second kappa shape index (κ2) is 9.24. The van der Waals surface area contributed by atoms with E-state index < -0.39 is 5.91 Å². The van der Waals surface area contributed by atoms with Crippen LogP contribution in [0.2, 0.25) is 10.0 Å². The standard InChI is InChI=1S/C22H18Cl2N4O3/c1-14-20(13-30-19-4-2-3-17(24)9-19)21(27-31-14)22(29)26-18-10-25-28(12-18)11-15-5-7-16(23)8-6-15/h2-10,12H,11,13H2,1H3,(H,26,29). The minimum absolute atomic E-state index is 0.119. The van der Waals surface area contributed by atoms with Gasteiger partial charge in [-0.2, -0.15) is 5.10 Å². The number of carbonyl (C=O) groups is 1. The third-order valence-corrected chi connectivity index (χ3v) is 5.02. The van der Waals surface area contributed by atoms with Crippen LogP contribution in [0.5, 0.6) is 5.75 Å². The first-order valence-electron chi connectivity index (χ1n) is 9.40. The Morgan fingerprint density at radius 1 is 1.16 bits per heavy atom. The number of nitrogens with zero attached hydrogens (tertiary/aromatic N) is 3. The molecular formula is C22H18Cl2N4O3. The van der Waals surface area contributed by atoms with E-state index in [1.807, 2.05) is 24.3 Å². The predicted octanol–water partition coefficient (Wildman–Crippen LogP) is 5.37. The number of aromatic nitrogens is 3. The van der Waals surface area contributed by atoms with Crippen molar-refractivity contribution in [3.05, 3.63) is 93.6 Å². The van der Waals surface area contributed by atoms with Gasteiger partial charge < -0.3 is 14.6 Å². The number of amides is 1. The molecule has 1 amide bonds. The minimum atomic E-state index is -0.410. The summed E-state index contributed by atoms with van der Waals surface area (Å²) in [7, 11) is 0. The van der Waals surface area contributed by atoms with Crippen molar-refractivity contribution < 1.29 is 14.1 Å². The van der Waals surface area contributed by atoms with Crippen LogP contribution >= 0.6 is 23.2 Å². The molecule has 0 radical (unpaired) electrons. The van der Waals surface area contributed by atoms with Gasteiger partial charge in [-0.1, -0.05) is 46.6 Å². The topological polar surface area (TPSA) is 82.2 Å². The molecule has 158 valence electrons. The molecule has 9 heteroatoms. The number of benzene rings is 2. The van der Waals surface area contributed by atoms with E-state index in [2.05, 4.69) is 15.6 Å². The molecule has 7 nitrogen and oxygen atoms in total. The largest absolute Gasteiger partial charge is 0.489 e. The lowest BCUT2D eigenvalue weighted by Crippen LogP contribution is -2.15. The maximum absolute atomic E-state index is 12.8. The highest BCUT2D eigenvalue weighted by molar-refractivity contribution is 6.30. The van der Waals surface area contributed by atoms with Crippen LogP contribution in [0.4, 0.5) is 5.69 Å². The van der Waals surface area contributed by atoms with Crippen molar-refractivity contribution in [2.75, 3.05) is 5.32 Å². The first kappa shape index (κ1) is 21.0. The fraction of sp³-hybridized carbons (Fsp3) is 0.136. The van der Waals surface area contributed by atoms with Crippen molar-refractivity contribution in [1.29, 1.82) is 0 Å². The number of carbonyl (C=O) groups excluding carboxylic acids is 1. The van der Waals surface area contributed by atoms with Crippen molar-refractivity contribution in [1.82, 2.24) is 14.9 Å². The summed E-state index contributed by atoms with van der Waals surface area (Å²) in [5.41, 5.74) is 2.30. The summed E-state index contributed by atoms with van der Waals surface area (Å²) >= 11 is 11.9. The van der Waals surface area contributed by atoms with Gasteiger partial charge in [-0.25, -0.2) is 0 Å². The van der Waals surface area contributed by atoms with E-state index in [1.54, 1.807) is 48.3 Å². The van der Waals surface area contributed by atoms with Gasteiger partial charge in [0.15, 0.2) is 5.69 Å². The number of hydrogen-bond donors (Lipinski definition) is 1. The Kier molecular flexibility index (Phi) is 6.25. The summed E-state index contributed by atoms with van der Waals surface area (Å²) in [6.07, 6.45) is 3.31. The van der Waals surface area contributed by atoms with Crippen LogP contribution in [0.15, 0.2) is 65.4 Å². The SMILES string of the molecule is Cc1onc(C(=O)Nc2cnn(Cc3ccc(Cl)cc3)c2)c1COc1cccc(Cl)c1. The molecule has 4 aromatic rings. The van der Waals surface area contributed by atoms with E-state index in [9.17, 15) is 4.79 Å². The smallest absolute Gasteiger partial charge is 0.278 e. The predicted molar refractivity (Wildman–Crippen MR) is 118 cm³/mol. The lowest BCUT2D eigenvalue weighted by Gasteiger charge is -2.07. The van der Waals surface area contributed by atoms with Gasteiger partial charge in [0.25, 0.3) is 5.91 Å². The van der Waals surface area contributed by atoms with E-state index in [1.165, 1.54) is 0 Å². The number of halogens is 2. The lowest BCUT2D eigenvalue weighted by atomic mass is 10.2. The van der Waals surface area contributed by atoms with Gasteiger partial charge in [-0.05, 0) is 42.8 Å². The summed E-state index contributed by atoms with van der Waals surface area (Å²) in [5.74, 6) is 0.682. The number of rotatable bonds is 7. The van der Waals surface area contributed by atoms with E-state index in [4.69, 9.17) is 32.5 Å². The molecule has 2 heterocycles. The second-order valence-corrected chi connectivity index (χ2v) is 7.69. The van der Waals surface area contributed by atoms with Crippen LogP contribution in [-0.4, -0.2) is 20.8 Å². The third-order valence-electron chi connectivity index (χ3n) is 4.53. The number of ether oxygens (including phenoxy) is 1. The van der Waals surface area contributed by atoms with Crippen LogP contribution in [0, 0.1) is 6.92 Å². The molecule has 0 bridgehead atoms. The Labute approximate surface area is 188 Å². The molecule has 0 aliphatic carbocycles. The van der Waals surface area contributed by atoms with Crippen LogP contribution in [-0.2, 0) is 13.2 Å². The molecule has 0 spiro atoms. The van der Waals surface area contributed by atoms with Crippen LogP contribution in [0.25, 0.3) is 0 Å². The average molecular weight is 457 g/mol. The molecule has 4 rings (SSSR count). The Hall–Kier alpha value is -3.29. The summed E-state index contributed by atoms with van der Waals surface area (Å²) in [4.78, 5) is 12.8. The highest BCUT2D eigenvalue weighted by Crippen LogP contribution is 2.21. The second-order valence-electron chi connectivity index (χ2n) is 6.82. The molecular weight excluding hydrogens is 439 g/mol. The van der Waals surface area contributed by atoms with Crippen LogP contribution in [0.1, 0.15) is 27.4 Å². The normalized spacial score (nSPS) is 10.8. The zero-order valence-corrected chi connectivity index (χ0v) is 18.0. The minimum Gasteiger partial charge on any atom is -0.489 e. The lowest BCUT2D eigenvalue weighted by molar-refractivity contribution is 0.101. The fourth-order valence-corrected chi connectivity index (χ4v) is 3.24. The maximum Gasteiger partial charge on any atom is 0.278 e. The first-order valence-corrected chi connectivity index (χ1v) is 10.2. The highest BCUT2D eigenvalue weighted by Gasteiger charge is 2.21. The summed E-state index contributed by atoms with van der Waals surface area (Å²) in [5, 5.41) is 12.2. The number of anilines is 1. The monoisotopic (exact) mass is 456 g/mol. The number of aryl methyl sites for hydroxylation is 1. The van der Waals surface area contributed by atoms with Gasteiger partial charge in [-0.15, -0.1) is 0 Å². The Morgan fingerprint density at radius 3 is 2.74 bits per heavy atom. The summed E-state index contributed by atoms with van der Waals surface area (Å²) < 4.78 is 12.7. The molecule has 0 atom stereocenters. The van der Waals surface area contributed by atoms with Crippen molar-refractivity contribution in [2.45, 2.75) is 20.1 Å². The Morgan fingerprint density at radius 2 is 1.97 bits per heavy atom. The van der Waals surface area contributed by atoms with E-state index in [-0.39, 0.29) is 12.3 Å².